The molecule has 0 unspecified atom stereocenters. The summed E-state index contributed by atoms with van der Waals surface area (Å²) in [5.74, 6) is -2.61. The smallest absolute Gasteiger partial charge is 0.542 e. The van der Waals surface area contributed by atoms with Gasteiger partial charge < -0.3 is 49.7 Å². The molecule has 0 aromatic rings. The summed E-state index contributed by atoms with van der Waals surface area (Å²) in [4.78, 5) is 21.6. The zero-order valence-corrected chi connectivity index (χ0v) is 14.5. The fourth-order valence-electron chi connectivity index (χ4n) is 1.70. The van der Waals surface area contributed by atoms with E-state index in [0.29, 0.717) is 6.08 Å². The van der Waals surface area contributed by atoms with Crippen molar-refractivity contribution in [2.75, 3.05) is 0 Å². The number of carboxylic acid groups (broad SMARTS) is 1. The maximum Gasteiger partial charge on any atom is 1.00 e. The Morgan fingerprint density at radius 3 is 2.35 bits per heavy atom. The summed E-state index contributed by atoms with van der Waals surface area (Å²) in [6.45, 7) is 1.16. The Morgan fingerprint density at radius 2 is 1.91 bits per heavy atom. The monoisotopic (exact) mass is 344 g/mol. The Kier molecular flexibility index (Phi) is 9.43. The minimum Gasteiger partial charge on any atom is -0.542 e. The molecule has 126 valence electrons. The van der Waals surface area contributed by atoms with Crippen molar-refractivity contribution in [3.05, 3.63) is 11.8 Å². The van der Waals surface area contributed by atoms with Gasteiger partial charge in [-0.3, -0.25) is 0 Å². The zero-order valence-electron chi connectivity index (χ0n) is 12.5. The van der Waals surface area contributed by atoms with Gasteiger partial charge in [-0.2, -0.15) is 0 Å². The SMILES string of the molecule is C[C@H](O)[C@H](O)[C@@H](O)[C@H](C=O)O[C@H]1OC(C(=O)[O-])=C[C@H](O)[C@H]1O.[Na+]. The molecule has 0 saturated carbocycles. The number of ether oxygens (including phenoxy) is 2. The number of aliphatic hydroxyl groups excluding tert-OH is 5. The van der Waals surface area contributed by atoms with Crippen LogP contribution in [0.2, 0.25) is 0 Å². The van der Waals surface area contributed by atoms with Crippen molar-refractivity contribution in [1.29, 1.82) is 0 Å². The molecule has 23 heavy (non-hydrogen) atoms. The van der Waals surface area contributed by atoms with Crippen molar-refractivity contribution in [3.63, 3.8) is 0 Å². The zero-order chi connectivity index (χ0) is 17.0. The van der Waals surface area contributed by atoms with Crippen molar-refractivity contribution in [1.82, 2.24) is 0 Å². The van der Waals surface area contributed by atoms with E-state index < -0.39 is 54.6 Å². The Labute approximate surface area is 153 Å². The average Bonchev–Trinajstić information content (AvgIpc) is 2.46. The van der Waals surface area contributed by atoms with Gasteiger partial charge in [0.15, 0.2) is 6.29 Å². The van der Waals surface area contributed by atoms with E-state index in [-0.39, 0.29) is 35.8 Å². The van der Waals surface area contributed by atoms with Gasteiger partial charge in [-0.05, 0) is 13.0 Å². The van der Waals surface area contributed by atoms with Gasteiger partial charge in [0.25, 0.3) is 0 Å². The third kappa shape index (κ3) is 5.78. The van der Waals surface area contributed by atoms with E-state index >= 15 is 0 Å². The molecule has 5 N–H and O–H groups in total. The van der Waals surface area contributed by atoms with Gasteiger partial charge in [0.2, 0.25) is 6.29 Å². The number of aldehydes is 1. The van der Waals surface area contributed by atoms with E-state index in [4.69, 9.17) is 14.6 Å². The first kappa shape index (κ1) is 22.4. The molecule has 0 saturated heterocycles. The molecule has 11 heteroatoms. The minimum atomic E-state index is -1.87. The van der Waals surface area contributed by atoms with E-state index in [9.17, 15) is 35.1 Å². The van der Waals surface area contributed by atoms with Crippen LogP contribution in [0.4, 0.5) is 0 Å². The van der Waals surface area contributed by atoms with Gasteiger partial charge in [-0.25, -0.2) is 0 Å². The summed E-state index contributed by atoms with van der Waals surface area (Å²) in [6.07, 6.45) is -11.2. The van der Waals surface area contributed by atoms with Crippen LogP contribution >= 0.6 is 0 Å². The Balaban J connectivity index is 0.00000484. The van der Waals surface area contributed by atoms with Crippen LogP contribution in [0, 0.1) is 0 Å². The molecular formula is C12H17NaO10. The largest absolute Gasteiger partial charge is 1.00 e. The fraction of sp³-hybridized carbons (Fsp3) is 0.667. The van der Waals surface area contributed by atoms with Crippen LogP contribution in [0.15, 0.2) is 11.8 Å². The molecule has 10 nitrogen and oxygen atoms in total. The predicted molar refractivity (Wildman–Crippen MR) is 64.6 cm³/mol. The number of hydrogen-bond donors (Lipinski definition) is 5. The molecule has 0 aliphatic carbocycles. The van der Waals surface area contributed by atoms with Crippen molar-refractivity contribution in [2.24, 2.45) is 0 Å². The number of carboxylic acids is 1. The van der Waals surface area contributed by atoms with Crippen LogP contribution in [0.25, 0.3) is 0 Å². The molecule has 1 rings (SSSR count). The summed E-state index contributed by atoms with van der Waals surface area (Å²) in [7, 11) is 0. The molecule has 1 aliphatic rings. The van der Waals surface area contributed by atoms with E-state index in [0.717, 1.165) is 6.92 Å². The first-order valence-corrected chi connectivity index (χ1v) is 6.30. The van der Waals surface area contributed by atoms with E-state index in [2.05, 4.69) is 0 Å². The normalized spacial score (nSPS) is 29.1. The number of rotatable bonds is 7. The molecule has 7 atom stereocenters. The van der Waals surface area contributed by atoms with Gasteiger partial charge >= 0.3 is 29.6 Å². The van der Waals surface area contributed by atoms with Crippen LogP contribution < -0.4 is 34.7 Å². The van der Waals surface area contributed by atoms with Gasteiger partial charge in [0, 0.05) is 0 Å². The van der Waals surface area contributed by atoms with E-state index in [1.807, 2.05) is 0 Å². The maximum atomic E-state index is 10.9. The molecule has 0 amide bonds. The van der Waals surface area contributed by atoms with Gasteiger partial charge in [-0.15, -0.1) is 0 Å². The molecule has 0 radical (unpaired) electrons. The van der Waals surface area contributed by atoms with Gasteiger partial charge in [-0.1, -0.05) is 0 Å². The molecule has 1 aliphatic heterocycles. The first-order chi connectivity index (χ1) is 10.2. The number of carbonyl (C=O) groups is 2. The third-order valence-electron chi connectivity index (χ3n) is 3.00. The number of hydrogen-bond acceptors (Lipinski definition) is 10. The molecule has 0 aromatic carbocycles. The first-order valence-electron chi connectivity index (χ1n) is 6.30. The molecule has 0 bridgehead atoms. The predicted octanol–water partition coefficient (Wildman–Crippen LogP) is -7.61. The van der Waals surface area contributed by atoms with Crippen LogP contribution in [0.3, 0.4) is 0 Å². The Morgan fingerprint density at radius 1 is 1.35 bits per heavy atom. The van der Waals surface area contributed by atoms with Crippen LogP contribution in [0.1, 0.15) is 6.92 Å². The summed E-state index contributed by atoms with van der Waals surface area (Å²) in [5, 5.41) is 58.1. The Hall–Kier alpha value is -0.560. The van der Waals surface area contributed by atoms with Crippen molar-refractivity contribution in [2.45, 2.75) is 49.8 Å². The molecule has 1 heterocycles. The van der Waals surface area contributed by atoms with Crippen molar-refractivity contribution in [3.8, 4) is 0 Å². The van der Waals surface area contributed by atoms with Crippen LogP contribution in [-0.4, -0.2) is 80.7 Å². The molecule has 0 fully saturated rings. The number of aliphatic hydroxyl groups is 5. The van der Waals surface area contributed by atoms with Crippen molar-refractivity contribution >= 4 is 12.3 Å². The number of aliphatic carboxylic acids is 1. The summed E-state index contributed by atoms with van der Waals surface area (Å²) in [5.41, 5.74) is 0. The molecule has 0 spiro atoms. The average molecular weight is 344 g/mol. The van der Waals surface area contributed by atoms with Gasteiger partial charge in [0.05, 0.1) is 6.10 Å². The van der Waals surface area contributed by atoms with E-state index in [1.165, 1.54) is 0 Å². The minimum absolute atomic E-state index is 0. The topological polar surface area (TPSA) is 177 Å². The summed E-state index contributed by atoms with van der Waals surface area (Å²) < 4.78 is 9.59. The third-order valence-corrected chi connectivity index (χ3v) is 3.00. The second-order valence-corrected chi connectivity index (χ2v) is 4.74. The number of carbonyl (C=O) groups excluding carboxylic acids is 2. The van der Waals surface area contributed by atoms with E-state index in [1.54, 1.807) is 0 Å². The Bertz CT molecular complexity index is 440. The summed E-state index contributed by atoms with van der Waals surface area (Å²) >= 11 is 0. The second kappa shape index (κ2) is 9.67. The standard InChI is InChI=1S/C12H18O10.Na/c1-4(14)8(16)10(18)7(3-13)22-12-9(17)5(15)2-6(21-12)11(19)20;/h2-5,7-10,12,14-18H,1H3,(H,19,20);/q;+1/p-1/t4-,5-,7-,8-,9+,10-,12+;/m0./s1. The van der Waals surface area contributed by atoms with Crippen LogP contribution in [-0.2, 0) is 19.1 Å². The van der Waals surface area contributed by atoms with Crippen LogP contribution in [0.5, 0.6) is 0 Å². The second-order valence-electron chi connectivity index (χ2n) is 4.74. The molecular weight excluding hydrogens is 327 g/mol. The maximum absolute atomic E-state index is 10.9. The molecule has 0 aromatic heterocycles. The fourth-order valence-corrected chi connectivity index (χ4v) is 1.70. The summed E-state index contributed by atoms with van der Waals surface area (Å²) in [6, 6.07) is 0. The van der Waals surface area contributed by atoms with Gasteiger partial charge in [0.1, 0.15) is 42.2 Å². The quantitative estimate of drug-likeness (QED) is 0.220. The van der Waals surface area contributed by atoms with Crippen molar-refractivity contribution < 1.29 is 79.3 Å².